The first-order valence-corrected chi connectivity index (χ1v) is 3.67. The molecule has 2 saturated carbocycles. The average Bonchev–Trinajstić information content (AvgIpc) is 1.70. The molecule has 3 rings (SSSR count). The Bertz CT molecular complexity index is 167. The van der Waals surface area contributed by atoms with E-state index in [0.717, 1.165) is 11.8 Å². The summed E-state index contributed by atoms with van der Waals surface area (Å²) in [6.07, 6.45) is 6.95. The van der Waals surface area contributed by atoms with E-state index in [-0.39, 0.29) is 0 Å². The molecule has 0 spiro atoms. The maximum Gasteiger partial charge on any atom is -0.0132 e. The summed E-state index contributed by atoms with van der Waals surface area (Å²) in [5.74, 6) is 3.39. The quantitative estimate of drug-likeness (QED) is 0.414. The van der Waals surface area contributed by atoms with E-state index in [1.165, 1.54) is 18.8 Å². The highest BCUT2D eigenvalue weighted by molar-refractivity contribution is 5.35. The van der Waals surface area contributed by atoms with Crippen LogP contribution in [-0.4, -0.2) is 0 Å². The molecule has 0 bridgehead atoms. The smallest absolute Gasteiger partial charge is 0.0132 e. The van der Waals surface area contributed by atoms with Crippen molar-refractivity contribution in [1.82, 2.24) is 0 Å². The van der Waals surface area contributed by atoms with Crippen LogP contribution < -0.4 is 0 Å². The molecule has 0 aliphatic heterocycles. The second-order valence-corrected chi connectivity index (χ2v) is 3.39. The lowest BCUT2D eigenvalue weighted by atomic mass is 9.45. The predicted molar refractivity (Wildman–Crippen MR) is 32.4 cm³/mol. The van der Waals surface area contributed by atoms with Gasteiger partial charge in [-0.15, -0.1) is 0 Å². The van der Waals surface area contributed by atoms with E-state index >= 15 is 0 Å². The molecule has 0 heterocycles. The Balaban J connectivity index is 2.02. The average molecular weight is 106 g/mol. The molecule has 42 valence electrons. The van der Waals surface area contributed by atoms with Crippen LogP contribution in [-0.2, 0) is 0 Å². The van der Waals surface area contributed by atoms with Gasteiger partial charge in [0.25, 0.3) is 0 Å². The summed E-state index contributed by atoms with van der Waals surface area (Å²) in [4.78, 5) is 0. The molecule has 0 N–H and O–H groups in total. The van der Waals surface area contributed by atoms with Gasteiger partial charge in [0.05, 0.1) is 0 Å². The van der Waals surface area contributed by atoms with Crippen LogP contribution in [0.3, 0.4) is 0 Å². The van der Waals surface area contributed by atoms with Gasteiger partial charge in [0.1, 0.15) is 0 Å². The summed E-state index contributed by atoms with van der Waals surface area (Å²) in [6.45, 7) is 0. The maximum absolute atomic E-state index is 2.45. The third kappa shape index (κ3) is 0.195. The summed E-state index contributed by atoms with van der Waals surface area (Å²) in [5, 5.41) is 0. The number of hydrogen-bond acceptors (Lipinski definition) is 0. The number of hydrogen-bond donors (Lipinski definition) is 0. The van der Waals surface area contributed by atoms with E-state index in [1.807, 2.05) is 5.57 Å². The van der Waals surface area contributed by atoms with Crippen molar-refractivity contribution in [1.29, 1.82) is 0 Å². The molecule has 0 radical (unpaired) electrons. The van der Waals surface area contributed by atoms with E-state index < -0.39 is 0 Å². The van der Waals surface area contributed by atoms with Gasteiger partial charge in [-0.25, -0.2) is 0 Å². The molecule has 0 aromatic heterocycles. The molecule has 0 aromatic rings. The summed E-state index contributed by atoms with van der Waals surface area (Å²) in [7, 11) is 0. The first-order chi connectivity index (χ1) is 3.97. The van der Waals surface area contributed by atoms with Crippen molar-refractivity contribution < 1.29 is 0 Å². The van der Waals surface area contributed by atoms with Crippen molar-refractivity contribution in [3.05, 3.63) is 11.6 Å². The monoisotopic (exact) mass is 106 g/mol. The highest BCUT2D eigenvalue weighted by Crippen LogP contribution is 2.63. The fourth-order valence-electron chi connectivity index (χ4n) is 2.54. The highest BCUT2D eigenvalue weighted by Gasteiger charge is 2.53. The first-order valence-electron chi connectivity index (χ1n) is 3.67. The molecule has 2 fully saturated rings. The lowest BCUT2D eigenvalue weighted by Gasteiger charge is -2.60. The molecule has 0 aromatic carbocycles. The van der Waals surface area contributed by atoms with E-state index in [0.29, 0.717) is 0 Å². The van der Waals surface area contributed by atoms with Crippen LogP contribution in [0.25, 0.3) is 0 Å². The number of fused-ring (bicyclic) bond motifs is 4. The Labute approximate surface area is 49.6 Å². The Morgan fingerprint density at radius 3 is 2.38 bits per heavy atom. The zero-order valence-electron chi connectivity index (χ0n) is 4.93. The standard InChI is InChI=1S/C8H10/c1-2-6-5(1)7-3-4-8(6)7/h1,6-8H,2-4H2. The van der Waals surface area contributed by atoms with Gasteiger partial charge >= 0.3 is 0 Å². The Morgan fingerprint density at radius 1 is 1.25 bits per heavy atom. The summed E-state index contributed by atoms with van der Waals surface area (Å²) in [6, 6.07) is 0. The molecule has 3 unspecified atom stereocenters. The SMILES string of the molecule is C1=C2C(C1)C1CCC21. The van der Waals surface area contributed by atoms with Crippen molar-refractivity contribution in [2.24, 2.45) is 17.8 Å². The van der Waals surface area contributed by atoms with Crippen molar-refractivity contribution >= 4 is 0 Å². The third-order valence-electron chi connectivity index (χ3n) is 3.31. The van der Waals surface area contributed by atoms with E-state index in [9.17, 15) is 0 Å². The van der Waals surface area contributed by atoms with Crippen LogP contribution in [0.5, 0.6) is 0 Å². The largest absolute Gasteiger partial charge is 0.0841 e. The molecule has 8 heavy (non-hydrogen) atoms. The van der Waals surface area contributed by atoms with E-state index in [1.54, 1.807) is 6.42 Å². The molecule has 3 aliphatic carbocycles. The van der Waals surface area contributed by atoms with Gasteiger partial charge in [-0.1, -0.05) is 11.6 Å². The minimum atomic E-state index is 1.11. The highest BCUT2D eigenvalue weighted by atomic mass is 14.6. The van der Waals surface area contributed by atoms with E-state index in [2.05, 4.69) is 6.08 Å². The summed E-state index contributed by atoms with van der Waals surface area (Å²) in [5.41, 5.74) is 1.83. The van der Waals surface area contributed by atoms with Crippen molar-refractivity contribution in [3.8, 4) is 0 Å². The fourth-order valence-corrected chi connectivity index (χ4v) is 2.54. The lowest BCUT2D eigenvalue weighted by Crippen LogP contribution is -2.50. The van der Waals surface area contributed by atoms with Crippen LogP contribution in [0.1, 0.15) is 19.3 Å². The number of allylic oxidation sites excluding steroid dienone is 2. The Morgan fingerprint density at radius 2 is 2.25 bits per heavy atom. The van der Waals surface area contributed by atoms with Gasteiger partial charge in [0, 0.05) is 0 Å². The minimum Gasteiger partial charge on any atom is -0.0841 e. The van der Waals surface area contributed by atoms with Gasteiger partial charge in [0.2, 0.25) is 0 Å². The second kappa shape index (κ2) is 0.896. The molecule has 0 heteroatoms. The molecular formula is C8H10. The van der Waals surface area contributed by atoms with Crippen LogP contribution in [0.4, 0.5) is 0 Å². The lowest BCUT2D eigenvalue weighted by molar-refractivity contribution is 0.0365. The third-order valence-corrected chi connectivity index (χ3v) is 3.31. The summed E-state index contributed by atoms with van der Waals surface area (Å²) >= 11 is 0. The normalized spacial score (nSPS) is 56.0. The fraction of sp³-hybridized carbons (Fsp3) is 0.750. The van der Waals surface area contributed by atoms with Gasteiger partial charge < -0.3 is 0 Å². The van der Waals surface area contributed by atoms with Crippen LogP contribution in [0, 0.1) is 17.8 Å². The zero-order chi connectivity index (χ0) is 5.14. The van der Waals surface area contributed by atoms with Gasteiger partial charge in [-0.2, -0.15) is 0 Å². The maximum atomic E-state index is 2.45. The molecule has 3 atom stereocenters. The Kier molecular flexibility index (Phi) is 0.415. The Hall–Kier alpha value is -0.260. The van der Waals surface area contributed by atoms with Crippen molar-refractivity contribution in [2.45, 2.75) is 19.3 Å². The van der Waals surface area contributed by atoms with Gasteiger partial charge in [-0.3, -0.25) is 0 Å². The number of rotatable bonds is 0. The molecular weight excluding hydrogens is 96.1 g/mol. The minimum absolute atomic E-state index is 1.11. The van der Waals surface area contributed by atoms with Crippen LogP contribution in [0.2, 0.25) is 0 Å². The molecule has 0 nitrogen and oxygen atoms in total. The van der Waals surface area contributed by atoms with Crippen LogP contribution in [0.15, 0.2) is 11.6 Å². The van der Waals surface area contributed by atoms with Gasteiger partial charge in [-0.05, 0) is 37.0 Å². The molecule has 0 amide bonds. The molecule has 0 saturated heterocycles. The summed E-state index contributed by atoms with van der Waals surface area (Å²) < 4.78 is 0. The van der Waals surface area contributed by atoms with Crippen molar-refractivity contribution in [2.75, 3.05) is 0 Å². The first kappa shape index (κ1) is 3.71. The topological polar surface area (TPSA) is 0 Å². The second-order valence-electron chi connectivity index (χ2n) is 3.39. The molecule has 3 aliphatic rings. The van der Waals surface area contributed by atoms with Gasteiger partial charge in [0.15, 0.2) is 0 Å². The van der Waals surface area contributed by atoms with Crippen LogP contribution >= 0.6 is 0 Å². The zero-order valence-corrected chi connectivity index (χ0v) is 4.93. The van der Waals surface area contributed by atoms with Crippen molar-refractivity contribution in [3.63, 3.8) is 0 Å². The predicted octanol–water partition coefficient (Wildman–Crippen LogP) is 1.97. The van der Waals surface area contributed by atoms with E-state index in [4.69, 9.17) is 0 Å².